The highest BCUT2D eigenvalue weighted by Gasteiger charge is 2.19. The lowest BCUT2D eigenvalue weighted by molar-refractivity contribution is -0.129. The molecular formula is C17H24N2O2. The Labute approximate surface area is 127 Å². The van der Waals surface area contributed by atoms with Gasteiger partial charge in [-0.3, -0.25) is 9.69 Å². The summed E-state index contributed by atoms with van der Waals surface area (Å²) in [7, 11) is 0. The van der Waals surface area contributed by atoms with Crippen LogP contribution in [-0.2, 0) is 16.1 Å². The lowest BCUT2D eigenvalue weighted by Gasteiger charge is -2.35. The Morgan fingerprint density at radius 3 is 2.86 bits per heavy atom. The Bertz CT molecular complexity index is 447. The molecule has 0 saturated carbocycles. The smallest absolute Gasteiger partial charge is 0.246 e. The van der Waals surface area contributed by atoms with Crippen LogP contribution in [0.5, 0.6) is 0 Å². The van der Waals surface area contributed by atoms with Crippen molar-refractivity contribution in [2.75, 3.05) is 32.9 Å². The van der Waals surface area contributed by atoms with Gasteiger partial charge < -0.3 is 9.64 Å². The second-order valence-electron chi connectivity index (χ2n) is 5.31. The number of amides is 1. The maximum absolute atomic E-state index is 11.6. The van der Waals surface area contributed by atoms with E-state index in [1.165, 1.54) is 11.6 Å². The fourth-order valence-corrected chi connectivity index (χ4v) is 2.51. The minimum atomic E-state index is 0.0278. The van der Waals surface area contributed by atoms with Crippen molar-refractivity contribution in [1.82, 2.24) is 9.80 Å². The van der Waals surface area contributed by atoms with Gasteiger partial charge in [-0.1, -0.05) is 36.9 Å². The molecule has 0 unspecified atom stereocenters. The lowest BCUT2D eigenvalue weighted by atomic mass is 10.2. The van der Waals surface area contributed by atoms with Gasteiger partial charge in [0.15, 0.2) is 0 Å². The summed E-state index contributed by atoms with van der Waals surface area (Å²) < 4.78 is 5.68. The van der Waals surface area contributed by atoms with Crippen LogP contribution in [0.3, 0.4) is 0 Å². The number of ether oxygens (including phenoxy) is 1. The second kappa shape index (κ2) is 8.60. The molecule has 4 nitrogen and oxygen atoms in total. The topological polar surface area (TPSA) is 32.8 Å². The van der Waals surface area contributed by atoms with Gasteiger partial charge in [-0.15, -0.1) is 0 Å². The van der Waals surface area contributed by atoms with Crippen LogP contribution in [0.1, 0.15) is 18.4 Å². The van der Waals surface area contributed by atoms with E-state index in [2.05, 4.69) is 23.6 Å². The summed E-state index contributed by atoms with van der Waals surface area (Å²) in [5.74, 6) is 0.0278. The first-order valence-corrected chi connectivity index (χ1v) is 7.55. The van der Waals surface area contributed by atoms with Crippen molar-refractivity contribution in [2.45, 2.75) is 19.4 Å². The van der Waals surface area contributed by atoms with E-state index in [1.807, 2.05) is 23.1 Å². The Kier molecular flexibility index (Phi) is 6.44. The molecule has 4 heteroatoms. The summed E-state index contributed by atoms with van der Waals surface area (Å²) in [5.41, 5.74) is 1.21. The first-order chi connectivity index (χ1) is 10.3. The van der Waals surface area contributed by atoms with Gasteiger partial charge in [0.25, 0.3) is 0 Å². The van der Waals surface area contributed by atoms with Crippen LogP contribution in [0, 0.1) is 0 Å². The van der Waals surface area contributed by atoms with Crippen LogP contribution < -0.4 is 0 Å². The van der Waals surface area contributed by atoms with Crippen molar-refractivity contribution in [3.8, 4) is 0 Å². The average Bonchev–Trinajstić information content (AvgIpc) is 2.55. The molecule has 0 N–H and O–H groups in total. The van der Waals surface area contributed by atoms with E-state index < -0.39 is 0 Å². The number of rotatable bonds is 7. The maximum Gasteiger partial charge on any atom is 0.246 e. The molecule has 114 valence electrons. The second-order valence-corrected chi connectivity index (χ2v) is 5.31. The Morgan fingerprint density at radius 2 is 2.10 bits per heavy atom. The lowest BCUT2D eigenvalue weighted by Crippen LogP contribution is -2.47. The first-order valence-electron chi connectivity index (χ1n) is 7.55. The first kappa shape index (κ1) is 15.7. The molecule has 1 heterocycles. The van der Waals surface area contributed by atoms with Crippen LogP contribution in [0.25, 0.3) is 0 Å². The monoisotopic (exact) mass is 288 g/mol. The highest BCUT2D eigenvalue weighted by molar-refractivity contribution is 5.86. The highest BCUT2D eigenvalue weighted by atomic mass is 16.5. The average molecular weight is 288 g/mol. The van der Waals surface area contributed by atoms with Gasteiger partial charge in [-0.2, -0.15) is 0 Å². The third-order valence-corrected chi connectivity index (χ3v) is 3.63. The molecule has 1 amide bonds. The van der Waals surface area contributed by atoms with E-state index in [0.29, 0.717) is 13.3 Å². The molecule has 0 aromatic heterocycles. The van der Waals surface area contributed by atoms with Gasteiger partial charge in [0.05, 0.1) is 13.3 Å². The van der Waals surface area contributed by atoms with Crippen molar-refractivity contribution >= 4 is 5.91 Å². The van der Waals surface area contributed by atoms with Crippen molar-refractivity contribution < 1.29 is 9.53 Å². The van der Waals surface area contributed by atoms with Crippen LogP contribution in [0.4, 0.5) is 0 Å². The molecular weight excluding hydrogens is 264 g/mol. The third-order valence-electron chi connectivity index (χ3n) is 3.63. The number of hydrogen-bond donors (Lipinski definition) is 0. The molecule has 0 radical (unpaired) electrons. The molecule has 1 fully saturated rings. The molecule has 2 rings (SSSR count). The highest BCUT2D eigenvalue weighted by Crippen LogP contribution is 2.07. The molecule has 1 aliphatic rings. The molecule has 21 heavy (non-hydrogen) atoms. The third kappa shape index (κ3) is 5.33. The van der Waals surface area contributed by atoms with E-state index in [1.54, 1.807) is 0 Å². The molecule has 0 aliphatic carbocycles. The molecule has 1 aliphatic heterocycles. The van der Waals surface area contributed by atoms with E-state index in [4.69, 9.17) is 4.74 Å². The Morgan fingerprint density at radius 1 is 1.29 bits per heavy atom. The quantitative estimate of drug-likeness (QED) is 0.570. The standard InChI is InChI=1S/C17H24N2O2/c1-2-17(20)19-12-6-10-18(15-19)11-7-13-21-14-16-8-4-3-5-9-16/h2-5,8-9H,1,6-7,10-15H2. The number of carbonyl (C=O) groups is 1. The van der Waals surface area contributed by atoms with Gasteiger partial charge in [0.1, 0.15) is 0 Å². The van der Waals surface area contributed by atoms with Gasteiger partial charge in [-0.05, 0) is 24.5 Å². The molecule has 0 bridgehead atoms. The number of hydrogen-bond acceptors (Lipinski definition) is 3. The number of carbonyl (C=O) groups excluding carboxylic acids is 1. The molecule has 1 aromatic rings. The van der Waals surface area contributed by atoms with Gasteiger partial charge in [0.2, 0.25) is 5.91 Å². The predicted octanol–water partition coefficient (Wildman–Crippen LogP) is 2.27. The minimum Gasteiger partial charge on any atom is -0.377 e. The fraction of sp³-hybridized carbons (Fsp3) is 0.471. The summed E-state index contributed by atoms with van der Waals surface area (Å²) >= 11 is 0. The Hall–Kier alpha value is -1.65. The van der Waals surface area contributed by atoms with Crippen molar-refractivity contribution in [2.24, 2.45) is 0 Å². The van der Waals surface area contributed by atoms with Crippen LogP contribution >= 0.6 is 0 Å². The minimum absolute atomic E-state index is 0.0278. The number of benzene rings is 1. The van der Waals surface area contributed by atoms with Gasteiger partial charge >= 0.3 is 0 Å². The zero-order valence-corrected chi connectivity index (χ0v) is 12.5. The predicted molar refractivity (Wildman–Crippen MR) is 83.7 cm³/mol. The molecule has 1 aromatic carbocycles. The largest absolute Gasteiger partial charge is 0.377 e. The summed E-state index contributed by atoms with van der Waals surface area (Å²) in [5, 5.41) is 0. The van der Waals surface area contributed by atoms with E-state index in [0.717, 1.165) is 39.1 Å². The van der Waals surface area contributed by atoms with Gasteiger partial charge in [0, 0.05) is 26.2 Å². The van der Waals surface area contributed by atoms with Crippen molar-refractivity contribution in [3.05, 3.63) is 48.6 Å². The van der Waals surface area contributed by atoms with E-state index in [9.17, 15) is 4.79 Å². The van der Waals surface area contributed by atoms with Crippen LogP contribution in [-0.4, -0.2) is 48.6 Å². The summed E-state index contributed by atoms with van der Waals surface area (Å²) in [4.78, 5) is 15.8. The molecule has 0 atom stereocenters. The summed E-state index contributed by atoms with van der Waals surface area (Å²) in [6, 6.07) is 10.2. The van der Waals surface area contributed by atoms with E-state index in [-0.39, 0.29) is 5.91 Å². The van der Waals surface area contributed by atoms with Crippen molar-refractivity contribution in [1.29, 1.82) is 0 Å². The number of nitrogens with zero attached hydrogens (tertiary/aromatic N) is 2. The maximum atomic E-state index is 11.6. The summed E-state index contributed by atoms with van der Waals surface area (Å²) in [6.07, 6.45) is 3.42. The van der Waals surface area contributed by atoms with Crippen molar-refractivity contribution in [3.63, 3.8) is 0 Å². The molecule has 1 saturated heterocycles. The normalized spacial score (nSPS) is 15.9. The summed E-state index contributed by atoms with van der Waals surface area (Å²) in [6.45, 7) is 8.54. The fourth-order valence-electron chi connectivity index (χ4n) is 2.51. The zero-order chi connectivity index (χ0) is 14.9. The molecule has 0 spiro atoms. The zero-order valence-electron chi connectivity index (χ0n) is 12.5. The van der Waals surface area contributed by atoms with E-state index >= 15 is 0 Å². The SMILES string of the molecule is C=CC(=O)N1CCCN(CCCOCc2ccccc2)C1. The Balaban J connectivity index is 1.60. The van der Waals surface area contributed by atoms with Crippen LogP contribution in [0.15, 0.2) is 43.0 Å². The van der Waals surface area contributed by atoms with Gasteiger partial charge in [-0.25, -0.2) is 0 Å². The van der Waals surface area contributed by atoms with Crippen LogP contribution in [0.2, 0.25) is 0 Å².